The Morgan fingerprint density at radius 2 is 1.91 bits per heavy atom. The second kappa shape index (κ2) is 7.04. The highest BCUT2D eigenvalue weighted by Gasteiger charge is 2.19. The number of hydrogen-bond donors (Lipinski definition) is 0. The van der Waals surface area contributed by atoms with Crippen molar-refractivity contribution in [1.29, 1.82) is 0 Å². The molecule has 0 amide bonds. The van der Waals surface area contributed by atoms with E-state index in [1.165, 1.54) is 25.3 Å². The van der Waals surface area contributed by atoms with E-state index in [1.807, 2.05) is 0 Å². The Bertz CT molecular complexity index is 700. The number of nitro benzene ring substituents is 1. The fourth-order valence-corrected chi connectivity index (χ4v) is 2.05. The predicted molar refractivity (Wildman–Crippen MR) is 83.1 cm³/mol. The van der Waals surface area contributed by atoms with Crippen molar-refractivity contribution < 1.29 is 19.2 Å². The van der Waals surface area contributed by atoms with Crippen LogP contribution < -0.4 is 9.47 Å². The van der Waals surface area contributed by atoms with E-state index in [4.69, 9.17) is 9.47 Å². The first-order valence-electron chi connectivity index (χ1n) is 6.27. The molecule has 0 bridgehead atoms. The molecular weight excluding hydrogens is 354 g/mol. The minimum atomic E-state index is -0.620. The third kappa shape index (κ3) is 4.05. The quantitative estimate of drug-likeness (QED) is 0.350. The minimum Gasteiger partial charge on any atom is -0.496 e. The molecule has 0 saturated carbocycles. The highest BCUT2D eigenvalue weighted by Crippen LogP contribution is 2.31. The van der Waals surface area contributed by atoms with Gasteiger partial charge in [-0.2, -0.15) is 0 Å². The molecular formula is C15H12BrNO5. The SMILES string of the molecule is COc1ccc(OC(=O)Cc2ccc(Br)cc2)c([N+](=O)[O-])c1. The number of ether oxygens (including phenoxy) is 2. The molecule has 0 saturated heterocycles. The first-order chi connectivity index (χ1) is 10.5. The molecule has 0 aliphatic carbocycles. The van der Waals surface area contributed by atoms with E-state index in [0.717, 1.165) is 10.0 Å². The Balaban J connectivity index is 2.14. The molecule has 2 aromatic carbocycles. The van der Waals surface area contributed by atoms with E-state index in [2.05, 4.69) is 15.9 Å². The molecule has 0 aliphatic rings. The first kappa shape index (κ1) is 16.0. The molecule has 22 heavy (non-hydrogen) atoms. The second-order valence-corrected chi connectivity index (χ2v) is 5.28. The zero-order valence-electron chi connectivity index (χ0n) is 11.6. The molecule has 0 fully saturated rings. The van der Waals surface area contributed by atoms with E-state index < -0.39 is 10.9 Å². The van der Waals surface area contributed by atoms with Gasteiger partial charge >= 0.3 is 11.7 Å². The highest BCUT2D eigenvalue weighted by molar-refractivity contribution is 9.10. The van der Waals surface area contributed by atoms with E-state index >= 15 is 0 Å². The van der Waals surface area contributed by atoms with Crippen molar-refractivity contribution in [3.63, 3.8) is 0 Å². The number of carbonyl (C=O) groups is 1. The molecule has 6 nitrogen and oxygen atoms in total. The Labute approximate surface area is 134 Å². The Morgan fingerprint density at radius 1 is 1.23 bits per heavy atom. The Hall–Kier alpha value is -2.41. The molecule has 2 aromatic rings. The fourth-order valence-electron chi connectivity index (χ4n) is 1.78. The van der Waals surface area contributed by atoms with Crippen LogP contribution >= 0.6 is 15.9 Å². The van der Waals surface area contributed by atoms with Gasteiger partial charge in [-0.3, -0.25) is 14.9 Å². The zero-order valence-corrected chi connectivity index (χ0v) is 13.2. The number of nitro groups is 1. The van der Waals surface area contributed by atoms with Crippen LogP contribution in [0.1, 0.15) is 5.56 Å². The van der Waals surface area contributed by atoms with Crippen LogP contribution in [-0.4, -0.2) is 18.0 Å². The van der Waals surface area contributed by atoms with Crippen LogP contribution in [0.25, 0.3) is 0 Å². The van der Waals surface area contributed by atoms with Gasteiger partial charge in [-0.05, 0) is 29.8 Å². The first-order valence-corrected chi connectivity index (χ1v) is 7.06. The molecule has 114 valence electrons. The van der Waals surface area contributed by atoms with Gasteiger partial charge in [0.05, 0.1) is 24.5 Å². The molecule has 0 aromatic heterocycles. The lowest BCUT2D eigenvalue weighted by molar-refractivity contribution is -0.385. The van der Waals surface area contributed by atoms with Crippen LogP contribution in [0.4, 0.5) is 5.69 Å². The maximum atomic E-state index is 11.9. The lowest BCUT2D eigenvalue weighted by Crippen LogP contribution is -2.12. The summed E-state index contributed by atoms with van der Waals surface area (Å²) in [7, 11) is 1.40. The van der Waals surface area contributed by atoms with E-state index in [9.17, 15) is 14.9 Å². The number of rotatable bonds is 5. The normalized spacial score (nSPS) is 10.1. The van der Waals surface area contributed by atoms with Gasteiger partial charge in [0.15, 0.2) is 0 Å². The summed E-state index contributed by atoms with van der Waals surface area (Å²) in [6, 6.07) is 11.2. The smallest absolute Gasteiger partial charge is 0.315 e. The van der Waals surface area contributed by atoms with Crippen LogP contribution in [0.3, 0.4) is 0 Å². The summed E-state index contributed by atoms with van der Waals surface area (Å²) in [5.41, 5.74) is 0.438. The Kier molecular flexibility index (Phi) is 5.11. The molecule has 0 atom stereocenters. The number of methoxy groups -OCH3 is 1. The molecule has 0 spiro atoms. The van der Waals surface area contributed by atoms with Gasteiger partial charge in [0, 0.05) is 4.47 Å². The van der Waals surface area contributed by atoms with Crippen molar-refractivity contribution in [3.05, 3.63) is 62.6 Å². The third-order valence-electron chi connectivity index (χ3n) is 2.85. The topological polar surface area (TPSA) is 78.7 Å². The monoisotopic (exact) mass is 365 g/mol. The average Bonchev–Trinajstić information content (AvgIpc) is 2.49. The van der Waals surface area contributed by atoms with Gasteiger partial charge in [0.1, 0.15) is 5.75 Å². The summed E-state index contributed by atoms with van der Waals surface area (Å²) in [4.78, 5) is 22.3. The van der Waals surface area contributed by atoms with E-state index in [-0.39, 0.29) is 17.9 Å². The maximum absolute atomic E-state index is 11.9. The lowest BCUT2D eigenvalue weighted by Gasteiger charge is -2.07. The summed E-state index contributed by atoms with van der Waals surface area (Å²) in [5.74, 6) is -0.358. The minimum absolute atomic E-state index is 0.0243. The number of benzene rings is 2. The number of nitrogens with zero attached hydrogens (tertiary/aromatic N) is 1. The van der Waals surface area contributed by atoms with Gasteiger partial charge in [0.2, 0.25) is 5.75 Å². The highest BCUT2D eigenvalue weighted by atomic mass is 79.9. The van der Waals surface area contributed by atoms with E-state index in [0.29, 0.717) is 5.75 Å². The summed E-state index contributed by atoms with van der Waals surface area (Å²) in [6.07, 6.45) is 0.0243. The molecule has 0 aliphatic heterocycles. The third-order valence-corrected chi connectivity index (χ3v) is 3.38. The van der Waals surface area contributed by atoms with Gasteiger partial charge in [-0.15, -0.1) is 0 Å². The number of esters is 1. The zero-order chi connectivity index (χ0) is 16.1. The number of halogens is 1. The summed E-state index contributed by atoms with van der Waals surface area (Å²) in [6.45, 7) is 0. The van der Waals surface area contributed by atoms with Crippen LogP contribution in [0.15, 0.2) is 46.9 Å². The van der Waals surface area contributed by atoms with Crippen molar-refractivity contribution in [2.24, 2.45) is 0 Å². The van der Waals surface area contributed by atoms with Crippen molar-refractivity contribution in [3.8, 4) is 11.5 Å². The molecule has 0 unspecified atom stereocenters. The molecule has 0 heterocycles. The predicted octanol–water partition coefficient (Wildman–Crippen LogP) is 3.51. The lowest BCUT2D eigenvalue weighted by atomic mass is 10.1. The summed E-state index contributed by atoms with van der Waals surface area (Å²) in [5, 5.41) is 11.0. The molecule has 0 N–H and O–H groups in total. The van der Waals surface area contributed by atoms with Crippen molar-refractivity contribution >= 4 is 27.6 Å². The van der Waals surface area contributed by atoms with Gasteiger partial charge in [-0.25, -0.2) is 0 Å². The summed E-state index contributed by atoms with van der Waals surface area (Å²) < 4.78 is 10.9. The second-order valence-electron chi connectivity index (χ2n) is 4.37. The van der Waals surface area contributed by atoms with Gasteiger partial charge in [0.25, 0.3) is 0 Å². The van der Waals surface area contributed by atoms with Crippen LogP contribution in [0.2, 0.25) is 0 Å². The fraction of sp³-hybridized carbons (Fsp3) is 0.133. The molecule has 7 heteroatoms. The Morgan fingerprint density at radius 3 is 2.50 bits per heavy atom. The standard InChI is InChI=1S/C15H12BrNO5/c1-21-12-6-7-14(13(9-12)17(19)20)22-15(18)8-10-2-4-11(16)5-3-10/h2-7,9H,8H2,1H3. The van der Waals surface area contributed by atoms with Crippen LogP contribution in [0.5, 0.6) is 11.5 Å². The van der Waals surface area contributed by atoms with Gasteiger partial charge in [-0.1, -0.05) is 28.1 Å². The average molecular weight is 366 g/mol. The van der Waals surface area contributed by atoms with E-state index in [1.54, 1.807) is 24.3 Å². The van der Waals surface area contributed by atoms with Crippen molar-refractivity contribution in [1.82, 2.24) is 0 Å². The maximum Gasteiger partial charge on any atom is 0.315 e. The number of hydrogen-bond acceptors (Lipinski definition) is 5. The van der Waals surface area contributed by atoms with Crippen molar-refractivity contribution in [2.75, 3.05) is 7.11 Å². The largest absolute Gasteiger partial charge is 0.496 e. The van der Waals surface area contributed by atoms with Crippen LogP contribution in [0, 0.1) is 10.1 Å². The molecule has 2 rings (SSSR count). The summed E-state index contributed by atoms with van der Waals surface area (Å²) >= 11 is 3.30. The van der Waals surface area contributed by atoms with Crippen molar-refractivity contribution in [2.45, 2.75) is 6.42 Å². The number of carbonyl (C=O) groups excluding carboxylic acids is 1. The van der Waals surface area contributed by atoms with Crippen LogP contribution in [-0.2, 0) is 11.2 Å². The molecule has 0 radical (unpaired) electrons. The van der Waals surface area contributed by atoms with Gasteiger partial charge < -0.3 is 9.47 Å².